The summed E-state index contributed by atoms with van der Waals surface area (Å²) in [6, 6.07) is 16.5. The molecule has 3 unspecified atom stereocenters. The average molecular weight is 605 g/mol. The summed E-state index contributed by atoms with van der Waals surface area (Å²) in [6.07, 6.45) is -0.160. The molecule has 0 spiro atoms. The third-order valence-electron chi connectivity index (χ3n) is 6.83. The maximum Gasteiger partial charge on any atom is 0.335 e. The first-order valence-electron chi connectivity index (χ1n) is 13.9. The van der Waals surface area contributed by atoms with Gasteiger partial charge in [0.15, 0.2) is 0 Å². The normalized spacial score (nSPS) is 17.8. The van der Waals surface area contributed by atoms with Gasteiger partial charge in [-0.05, 0) is 63.6 Å². The van der Waals surface area contributed by atoms with E-state index in [0.29, 0.717) is 5.69 Å². The molecule has 3 aromatic carbocycles. The molecule has 12 heteroatoms. The van der Waals surface area contributed by atoms with Gasteiger partial charge in [-0.3, -0.25) is 9.59 Å². The molecule has 1 fully saturated rings. The number of hydrogen-bond donors (Lipinski definition) is 4. The number of aromatic carboxylic acids is 1. The molecule has 1 aliphatic heterocycles. The summed E-state index contributed by atoms with van der Waals surface area (Å²) in [4.78, 5) is 65.9. The Labute approximate surface area is 253 Å². The molecule has 1 saturated heterocycles. The van der Waals surface area contributed by atoms with Gasteiger partial charge in [0, 0.05) is 16.9 Å². The Balaban J connectivity index is 1.64. The third-order valence-corrected chi connectivity index (χ3v) is 6.83. The molecule has 1 aliphatic rings. The van der Waals surface area contributed by atoms with Gasteiger partial charge in [0.05, 0.1) is 24.1 Å². The van der Waals surface area contributed by atoms with Crippen LogP contribution in [0.4, 0.5) is 20.6 Å². The number of ether oxygens (including phenoxy) is 1. The number of anilines is 2. The standard InChI is InChI=1S/C32H33FN4O7/c1-32(2,3)44-30(42)25-17-23(28(39)35-20-11-5-4-6-12-20)27(22-14-7-8-15-24(22)33)37(25)26(38)18-34-31(43)36-21-13-9-10-19(16-21)29(40)41/h4-16,23,25,27H,17-18H2,1-3H3,(H,35,39)(H,40,41)(H2,34,36,43). The van der Waals surface area contributed by atoms with Gasteiger partial charge >= 0.3 is 18.0 Å². The van der Waals surface area contributed by atoms with Crippen molar-refractivity contribution in [3.8, 4) is 0 Å². The van der Waals surface area contributed by atoms with Gasteiger partial charge in [0.2, 0.25) is 11.8 Å². The van der Waals surface area contributed by atoms with E-state index < -0.39 is 65.7 Å². The van der Waals surface area contributed by atoms with E-state index in [1.54, 1.807) is 57.2 Å². The van der Waals surface area contributed by atoms with E-state index in [4.69, 9.17) is 4.74 Å². The van der Waals surface area contributed by atoms with Gasteiger partial charge in [-0.1, -0.05) is 42.5 Å². The Morgan fingerprint density at radius 3 is 2.23 bits per heavy atom. The highest BCUT2D eigenvalue weighted by molar-refractivity contribution is 5.98. The zero-order chi connectivity index (χ0) is 32.0. The van der Waals surface area contributed by atoms with Crippen LogP contribution >= 0.6 is 0 Å². The van der Waals surface area contributed by atoms with Crippen molar-refractivity contribution >= 4 is 41.2 Å². The summed E-state index contributed by atoms with van der Waals surface area (Å²) in [5.41, 5.74) is -0.302. The number of nitrogens with one attached hydrogen (secondary N) is 3. The number of esters is 1. The molecule has 4 N–H and O–H groups in total. The van der Waals surface area contributed by atoms with Crippen LogP contribution in [-0.4, -0.2) is 58.0 Å². The fraction of sp³-hybridized carbons (Fsp3) is 0.281. The molecule has 1 heterocycles. The lowest BCUT2D eigenvalue weighted by Crippen LogP contribution is -2.49. The van der Waals surface area contributed by atoms with Crippen molar-refractivity contribution in [2.24, 2.45) is 5.92 Å². The quantitative estimate of drug-likeness (QED) is 0.274. The Bertz CT molecular complexity index is 1560. The molecule has 44 heavy (non-hydrogen) atoms. The first-order chi connectivity index (χ1) is 20.8. The highest BCUT2D eigenvalue weighted by Gasteiger charge is 2.52. The number of carbonyl (C=O) groups excluding carboxylic acids is 4. The van der Waals surface area contributed by atoms with E-state index >= 15 is 4.39 Å². The molecular formula is C32H33FN4O7. The minimum absolute atomic E-state index is 0.0232. The van der Waals surface area contributed by atoms with Gasteiger partial charge in [0.1, 0.15) is 17.5 Å². The summed E-state index contributed by atoms with van der Waals surface area (Å²) < 4.78 is 20.9. The molecular weight excluding hydrogens is 571 g/mol. The van der Waals surface area contributed by atoms with Crippen LogP contribution in [0, 0.1) is 11.7 Å². The number of benzene rings is 3. The monoisotopic (exact) mass is 604 g/mol. The number of amides is 4. The van der Waals surface area contributed by atoms with Crippen molar-refractivity contribution in [2.45, 2.75) is 44.9 Å². The number of hydrogen-bond acceptors (Lipinski definition) is 6. The summed E-state index contributed by atoms with van der Waals surface area (Å²) in [5.74, 6) is -4.99. The number of urea groups is 1. The molecule has 3 aromatic rings. The number of para-hydroxylation sites is 1. The zero-order valence-corrected chi connectivity index (χ0v) is 24.4. The molecule has 0 radical (unpaired) electrons. The van der Waals surface area contributed by atoms with Crippen molar-refractivity contribution in [3.05, 3.63) is 95.8 Å². The van der Waals surface area contributed by atoms with Crippen LogP contribution in [-0.2, 0) is 19.1 Å². The van der Waals surface area contributed by atoms with Gasteiger partial charge in [0.25, 0.3) is 0 Å². The number of halogens is 1. The number of likely N-dealkylation sites (tertiary alicyclic amines) is 1. The van der Waals surface area contributed by atoms with E-state index in [1.807, 2.05) is 0 Å². The molecule has 4 amide bonds. The lowest BCUT2D eigenvalue weighted by atomic mass is 9.91. The molecule has 0 saturated carbocycles. The minimum Gasteiger partial charge on any atom is -0.478 e. The highest BCUT2D eigenvalue weighted by Crippen LogP contribution is 2.43. The maximum absolute atomic E-state index is 15.3. The van der Waals surface area contributed by atoms with E-state index in [1.165, 1.54) is 42.5 Å². The molecule has 0 aliphatic carbocycles. The zero-order valence-electron chi connectivity index (χ0n) is 24.4. The van der Waals surface area contributed by atoms with Gasteiger partial charge in [-0.2, -0.15) is 0 Å². The molecule has 4 rings (SSSR count). The fourth-order valence-electron chi connectivity index (χ4n) is 5.02. The number of carboxylic acid groups (broad SMARTS) is 1. The number of rotatable bonds is 8. The van der Waals surface area contributed by atoms with Crippen molar-refractivity contribution in [3.63, 3.8) is 0 Å². The van der Waals surface area contributed by atoms with E-state index in [9.17, 15) is 29.1 Å². The van der Waals surface area contributed by atoms with E-state index in [0.717, 1.165) is 4.90 Å². The van der Waals surface area contributed by atoms with Crippen LogP contribution in [0.25, 0.3) is 0 Å². The van der Waals surface area contributed by atoms with Crippen LogP contribution in [0.2, 0.25) is 0 Å². The van der Waals surface area contributed by atoms with Crippen molar-refractivity contribution in [1.29, 1.82) is 0 Å². The van der Waals surface area contributed by atoms with Crippen LogP contribution in [0.1, 0.15) is 49.2 Å². The smallest absolute Gasteiger partial charge is 0.335 e. The van der Waals surface area contributed by atoms with Crippen LogP contribution in [0.15, 0.2) is 78.9 Å². The van der Waals surface area contributed by atoms with E-state index in [2.05, 4.69) is 16.0 Å². The Kier molecular flexibility index (Phi) is 9.62. The van der Waals surface area contributed by atoms with E-state index in [-0.39, 0.29) is 23.2 Å². The lowest BCUT2D eigenvalue weighted by Gasteiger charge is -2.32. The van der Waals surface area contributed by atoms with Crippen LogP contribution in [0.5, 0.6) is 0 Å². The fourth-order valence-corrected chi connectivity index (χ4v) is 5.02. The maximum atomic E-state index is 15.3. The third kappa shape index (κ3) is 7.77. The predicted molar refractivity (Wildman–Crippen MR) is 159 cm³/mol. The second-order valence-electron chi connectivity index (χ2n) is 11.2. The topological polar surface area (TPSA) is 154 Å². The summed E-state index contributed by atoms with van der Waals surface area (Å²) in [5, 5.41) is 16.8. The Morgan fingerprint density at radius 1 is 0.909 bits per heavy atom. The number of nitrogens with zero attached hydrogens (tertiary/aromatic N) is 1. The first-order valence-corrected chi connectivity index (χ1v) is 13.9. The molecule has 3 atom stereocenters. The van der Waals surface area contributed by atoms with Gasteiger partial charge in [-0.25, -0.2) is 18.8 Å². The molecule has 11 nitrogen and oxygen atoms in total. The first kappa shape index (κ1) is 31.7. The largest absolute Gasteiger partial charge is 0.478 e. The molecule has 230 valence electrons. The number of carbonyl (C=O) groups is 5. The highest BCUT2D eigenvalue weighted by atomic mass is 19.1. The van der Waals surface area contributed by atoms with Gasteiger partial charge < -0.3 is 30.7 Å². The van der Waals surface area contributed by atoms with Crippen molar-refractivity contribution in [1.82, 2.24) is 10.2 Å². The van der Waals surface area contributed by atoms with Crippen molar-refractivity contribution in [2.75, 3.05) is 17.2 Å². The Morgan fingerprint density at radius 2 is 1.57 bits per heavy atom. The average Bonchev–Trinajstić information content (AvgIpc) is 3.37. The lowest BCUT2D eigenvalue weighted by molar-refractivity contribution is -0.164. The number of carboxylic acids is 1. The molecule has 0 aromatic heterocycles. The minimum atomic E-state index is -1.27. The second-order valence-corrected chi connectivity index (χ2v) is 11.2. The summed E-state index contributed by atoms with van der Waals surface area (Å²) in [6.45, 7) is 4.35. The van der Waals surface area contributed by atoms with Crippen LogP contribution < -0.4 is 16.0 Å². The summed E-state index contributed by atoms with van der Waals surface area (Å²) >= 11 is 0. The summed E-state index contributed by atoms with van der Waals surface area (Å²) in [7, 11) is 0. The van der Waals surface area contributed by atoms with Gasteiger partial charge in [-0.15, -0.1) is 0 Å². The second kappa shape index (κ2) is 13.4. The van der Waals surface area contributed by atoms with Crippen LogP contribution in [0.3, 0.4) is 0 Å². The van der Waals surface area contributed by atoms with Crippen molar-refractivity contribution < 1.29 is 38.2 Å². The predicted octanol–water partition coefficient (Wildman–Crippen LogP) is 4.58. The molecule has 0 bridgehead atoms. The Hall–Kier alpha value is -5.26. The SMILES string of the molecule is CC(C)(C)OC(=O)C1CC(C(=O)Nc2ccccc2)C(c2ccccc2F)N1C(=O)CNC(=O)Nc1cccc(C(=O)O)c1.